The van der Waals surface area contributed by atoms with Crippen LogP contribution in [0.2, 0.25) is 5.02 Å². The van der Waals surface area contributed by atoms with Gasteiger partial charge < -0.3 is 16.8 Å². The fraction of sp³-hybridized carbons (Fsp3) is 0.273. The van der Waals surface area contributed by atoms with Crippen molar-refractivity contribution in [3.63, 3.8) is 0 Å². The van der Waals surface area contributed by atoms with Gasteiger partial charge in [-0.2, -0.15) is 0 Å². The van der Waals surface area contributed by atoms with Crippen LogP contribution < -0.4 is 16.8 Å². The number of amides is 2. The quantitative estimate of drug-likeness (QED) is 0.752. The maximum atomic E-state index is 11.6. The van der Waals surface area contributed by atoms with Gasteiger partial charge in [-0.15, -0.1) is 0 Å². The lowest BCUT2D eigenvalue weighted by Gasteiger charge is -2.11. The van der Waals surface area contributed by atoms with Crippen LogP contribution in [0.5, 0.6) is 0 Å². The number of nitrogens with two attached hydrogens (primary N) is 2. The lowest BCUT2D eigenvalue weighted by molar-refractivity contribution is -0.117. The summed E-state index contributed by atoms with van der Waals surface area (Å²) in [5.41, 5.74) is 11.3. The van der Waals surface area contributed by atoms with E-state index in [2.05, 4.69) is 5.32 Å². The van der Waals surface area contributed by atoms with Gasteiger partial charge in [0.25, 0.3) is 0 Å². The predicted octanol–water partition coefficient (Wildman–Crippen LogP) is 1.11. The van der Waals surface area contributed by atoms with Crippen LogP contribution in [-0.4, -0.2) is 17.9 Å². The molecule has 0 heterocycles. The predicted molar refractivity (Wildman–Crippen MR) is 66.9 cm³/mol. The molecule has 0 fully saturated rings. The first-order valence-electron chi connectivity index (χ1n) is 5.11. The Morgan fingerprint density at radius 3 is 2.65 bits per heavy atom. The van der Waals surface area contributed by atoms with Crippen LogP contribution in [0.1, 0.15) is 23.7 Å². The van der Waals surface area contributed by atoms with Crippen molar-refractivity contribution in [2.24, 2.45) is 11.5 Å². The number of halogens is 1. The summed E-state index contributed by atoms with van der Waals surface area (Å²) in [6, 6.07) is 3.79. The lowest BCUT2D eigenvalue weighted by atomic mass is 10.1. The van der Waals surface area contributed by atoms with Crippen molar-refractivity contribution in [1.29, 1.82) is 0 Å². The molecule has 6 heteroatoms. The van der Waals surface area contributed by atoms with E-state index in [1.807, 2.05) is 0 Å². The normalized spacial score (nSPS) is 11.9. The summed E-state index contributed by atoms with van der Waals surface area (Å²) < 4.78 is 0. The summed E-state index contributed by atoms with van der Waals surface area (Å²) in [4.78, 5) is 22.5. The van der Waals surface area contributed by atoms with Crippen molar-refractivity contribution in [2.45, 2.75) is 19.4 Å². The number of hydrogen-bond acceptors (Lipinski definition) is 3. The molecule has 1 rings (SSSR count). The Labute approximate surface area is 104 Å². The largest absolute Gasteiger partial charge is 0.366 e. The maximum Gasteiger partial charge on any atom is 0.248 e. The van der Waals surface area contributed by atoms with Gasteiger partial charge in [-0.3, -0.25) is 9.59 Å². The first-order chi connectivity index (χ1) is 7.95. The van der Waals surface area contributed by atoms with Gasteiger partial charge in [0.15, 0.2) is 0 Å². The molecule has 1 atom stereocenters. The van der Waals surface area contributed by atoms with Crippen molar-refractivity contribution in [1.82, 2.24) is 0 Å². The number of nitrogens with one attached hydrogen (secondary N) is 1. The summed E-state index contributed by atoms with van der Waals surface area (Å²) in [5.74, 6) is -0.937. The SMILES string of the molecule is CC[C@H](N)C(=O)Nc1cc(C(N)=O)ccc1Cl. The van der Waals surface area contributed by atoms with E-state index in [0.717, 1.165) is 0 Å². The highest BCUT2D eigenvalue weighted by Crippen LogP contribution is 2.23. The van der Waals surface area contributed by atoms with Crippen LogP contribution in [0.4, 0.5) is 5.69 Å². The molecule has 1 aromatic carbocycles. The van der Waals surface area contributed by atoms with Gasteiger partial charge in [0.05, 0.1) is 16.8 Å². The molecule has 17 heavy (non-hydrogen) atoms. The van der Waals surface area contributed by atoms with Gasteiger partial charge in [-0.25, -0.2) is 0 Å². The van der Waals surface area contributed by atoms with Crippen LogP contribution in [-0.2, 0) is 4.79 Å². The van der Waals surface area contributed by atoms with Crippen molar-refractivity contribution in [2.75, 3.05) is 5.32 Å². The van der Waals surface area contributed by atoms with E-state index < -0.39 is 11.9 Å². The summed E-state index contributed by atoms with van der Waals surface area (Å²) >= 11 is 5.89. The number of primary amides is 1. The van der Waals surface area contributed by atoms with E-state index in [4.69, 9.17) is 23.1 Å². The molecule has 0 saturated heterocycles. The first kappa shape index (κ1) is 13.5. The Balaban J connectivity index is 2.94. The van der Waals surface area contributed by atoms with Gasteiger partial charge in [-0.05, 0) is 24.6 Å². The zero-order valence-electron chi connectivity index (χ0n) is 9.37. The van der Waals surface area contributed by atoms with E-state index in [1.54, 1.807) is 6.92 Å². The second-order valence-electron chi connectivity index (χ2n) is 3.56. The molecule has 0 aliphatic rings. The number of anilines is 1. The standard InChI is InChI=1S/C11H14ClN3O2/c1-2-8(13)11(17)15-9-5-6(10(14)16)3-4-7(9)12/h3-5,8H,2,13H2,1H3,(H2,14,16)(H,15,17)/t8-/m0/s1. The van der Waals surface area contributed by atoms with Crippen molar-refractivity contribution in [3.05, 3.63) is 28.8 Å². The van der Waals surface area contributed by atoms with Gasteiger partial charge in [-0.1, -0.05) is 18.5 Å². The van der Waals surface area contributed by atoms with Crippen molar-refractivity contribution in [3.8, 4) is 0 Å². The maximum absolute atomic E-state index is 11.6. The Hall–Kier alpha value is -1.59. The van der Waals surface area contributed by atoms with Crippen LogP contribution >= 0.6 is 11.6 Å². The summed E-state index contributed by atoms with van der Waals surface area (Å²) in [6.07, 6.45) is 0.513. The van der Waals surface area contributed by atoms with Crippen molar-refractivity contribution < 1.29 is 9.59 Å². The van der Waals surface area contributed by atoms with E-state index in [9.17, 15) is 9.59 Å². The molecule has 0 radical (unpaired) electrons. The Morgan fingerprint density at radius 1 is 1.47 bits per heavy atom. The van der Waals surface area contributed by atoms with E-state index in [0.29, 0.717) is 17.1 Å². The smallest absolute Gasteiger partial charge is 0.248 e. The molecule has 0 aliphatic heterocycles. The third kappa shape index (κ3) is 3.44. The van der Waals surface area contributed by atoms with Gasteiger partial charge >= 0.3 is 0 Å². The number of benzene rings is 1. The fourth-order valence-corrected chi connectivity index (χ4v) is 1.35. The number of rotatable bonds is 4. The fourth-order valence-electron chi connectivity index (χ4n) is 1.19. The molecule has 0 unspecified atom stereocenters. The Morgan fingerprint density at radius 2 is 2.12 bits per heavy atom. The van der Waals surface area contributed by atoms with Gasteiger partial charge in [0, 0.05) is 5.56 Å². The topological polar surface area (TPSA) is 98.2 Å². The molecule has 5 N–H and O–H groups in total. The third-order valence-corrected chi connectivity index (χ3v) is 2.61. The zero-order valence-corrected chi connectivity index (χ0v) is 10.1. The molecule has 2 amide bonds. The van der Waals surface area contributed by atoms with Crippen LogP contribution in [0.3, 0.4) is 0 Å². The van der Waals surface area contributed by atoms with E-state index in [-0.39, 0.29) is 11.5 Å². The minimum atomic E-state index is -0.608. The molecule has 0 bridgehead atoms. The monoisotopic (exact) mass is 255 g/mol. The molecular weight excluding hydrogens is 242 g/mol. The van der Waals surface area contributed by atoms with Crippen molar-refractivity contribution >= 4 is 29.1 Å². The summed E-state index contributed by atoms with van der Waals surface area (Å²) in [7, 11) is 0. The zero-order chi connectivity index (χ0) is 13.0. The minimum Gasteiger partial charge on any atom is -0.366 e. The summed E-state index contributed by atoms with van der Waals surface area (Å²) in [5, 5.41) is 2.88. The molecule has 0 aliphatic carbocycles. The minimum absolute atomic E-state index is 0.273. The summed E-state index contributed by atoms with van der Waals surface area (Å²) in [6.45, 7) is 1.80. The average Bonchev–Trinajstić information content (AvgIpc) is 2.30. The lowest BCUT2D eigenvalue weighted by Crippen LogP contribution is -2.34. The highest BCUT2D eigenvalue weighted by atomic mass is 35.5. The number of hydrogen-bond donors (Lipinski definition) is 3. The molecule has 5 nitrogen and oxygen atoms in total. The van der Waals surface area contributed by atoms with Crippen LogP contribution in [0.25, 0.3) is 0 Å². The molecule has 1 aromatic rings. The second-order valence-corrected chi connectivity index (χ2v) is 3.97. The first-order valence-corrected chi connectivity index (χ1v) is 5.49. The highest BCUT2D eigenvalue weighted by Gasteiger charge is 2.13. The van der Waals surface area contributed by atoms with Gasteiger partial charge in [0.2, 0.25) is 11.8 Å². The Bertz CT molecular complexity index is 448. The Kier molecular flexibility index (Phi) is 4.48. The number of carbonyl (C=O) groups is 2. The molecular formula is C11H14ClN3O2. The van der Waals surface area contributed by atoms with Crippen LogP contribution in [0.15, 0.2) is 18.2 Å². The highest BCUT2D eigenvalue weighted by molar-refractivity contribution is 6.34. The molecule has 0 spiro atoms. The number of carbonyl (C=O) groups excluding carboxylic acids is 2. The third-order valence-electron chi connectivity index (χ3n) is 2.29. The average molecular weight is 256 g/mol. The van der Waals surface area contributed by atoms with Gasteiger partial charge in [0.1, 0.15) is 0 Å². The van der Waals surface area contributed by atoms with Crippen LogP contribution in [0, 0.1) is 0 Å². The molecule has 0 saturated carbocycles. The molecule has 0 aromatic heterocycles. The van der Waals surface area contributed by atoms with E-state index in [1.165, 1.54) is 18.2 Å². The second kappa shape index (κ2) is 5.65. The van der Waals surface area contributed by atoms with E-state index >= 15 is 0 Å². The molecule has 92 valence electrons.